The molecule has 12 heavy (non-hydrogen) atoms. The van der Waals surface area contributed by atoms with Gasteiger partial charge in [0, 0.05) is 20.6 Å². The highest BCUT2D eigenvalue weighted by molar-refractivity contribution is 7.57. The van der Waals surface area contributed by atoms with Crippen molar-refractivity contribution in [1.82, 2.24) is 0 Å². The summed E-state index contributed by atoms with van der Waals surface area (Å²) in [5.74, 6) is 0. The Balaban J connectivity index is 4.70. The van der Waals surface area contributed by atoms with Crippen LogP contribution in [0.5, 0.6) is 0 Å². The zero-order valence-electron chi connectivity index (χ0n) is 7.99. The lowest BCUT2D eigenvalue weighted by molar-refractivity contribution is -0.233. The van der Waals surface area contributed by atoms with E-state index in [2.05, 4.69) is 0 Å². The molecule has 5 heteroatoms. The molecule has 1 unspecified atom stereocenters. The van der Waals surface area contributed by atoms with Crippen molar-refractivity contribution in [3.8, 4) is 0 Å². The molecule has 0 aliphatic heterocycles. The second-order valence-corrected chi connectivity index (χ2v) is 5.09. The van der Waals surface area contributed by atoms with Crippen LogP contribution < -0.4 is 4.89 Å². The highest BCUT2D eigenvalue weighted by atomic mass is 31.2. The maximum Gasteiger partial charge on any atom is 0.207 e. The molecule has 0 aliphatic rings. The quantitative estimate of drug-likeness (QED) is 0.485. The minimum Gasteiger partial charge on any atom is -0.796 e. The summed E-state index contributed by atoms with van der Waals surface area (Å²) in [6, 6.07) is 0. The summed E-state index contributed by atoms with van der Waals surface area (Å²) in [5.41, 5.74) is -1.43. The van der Waals surface area contributed by atoms with Gasteiger partial charge in [0.05, 0.1) is 7.37 Å². The van der Waals surface area contributed by atoms with Crippen molar-refractivity contribution >= 4 is 7.37 Å². The van der Waals surface area contributed by atoms with E-state index in [4.69, 9.17) is 9.47 Å². The van der Waals surface area contributed by atoms with Crippen molar-refractivity contribution in [3.05, 3.63) is 0 Å². The average Bonchev–Trinajstić information content (AvgIpc) is 1.98. The Kier molecular flexibility index (Phi) is 4.42. The fourth-order valence-corrected chi connectivity index (χ4v) is 2.43. The van der Waals surface area contributed by atoms with E-state index in [1.165, 1.54) is 14.2 Å². The summed E-state index contributed by atoms with van der Waals surface area (Å²) in [6.45, 7) is 3.01. The minimum absolute atomic E-state index is 0.358. The zero-order valence-corrected chi connectivity index (χ0v) is 8.89. The molecule has 0 amide bonds. The zero-order chi connectivity index (χ0) is 9.83. The predicted molar refractivity (Wildman–Crippen MR) is 45.2 cm³/mol. The van der Waals surface area contributed by atoms with Gasteiger partial charge in [0.2, 0.25) is 5.53 Å². The van der Waals surface area contributed by atoms with Gasteiger partial charge in [-0.1, -0.05) is 13.3 Å². The number of methoxy groups -OCH3 is 2. The molecule has 0 fully saturated rings. The van der Waals surface area contributed by atoms with Gasteiger partial charge in [0.1, 0.15) is 0 Å². The van der Waals surface area contributed by atoms with E-state index in [0.717, 1.165) is 6.66 Å². The Labute approximate surface area is 73.3 Å². The van der Waals surface area contributed by atoms with E-state index >= 15 is 0 Å². The normalized spacial score (nSPS) is 17.4. The number of rotatable bonds is 5. The van der Waals surface area contributed by atoms with Crippen molar-refractivity contribution in [2.24, 2.45) is 0 Å². The van der Waals surface area contributed by atoms with Gasteiger partial charge in [-0.3, -0.25) is 0 Å². The lowest BCUT2D eigenvalue weighted by Gasteiger charge is -2.39. The first-order valence-electron chi connectivity index (χ1n) is 3.82. The van der Waals surface area contributed by atoms with Crippen LogP contribution in [0.4, 0.5) is 0 Å². The number of hydrogen-bond donors (Lipinski definition) is 0. The van der Waals surface area contributed by atoms with Crippen LogP contribution in [0.25, 0.3) is 0 Å². The van der Waals surface area contributed by atoms with Crippen LogP contribution in [-0.2, 0) is 14.0 Å². The third-order valence-corrected chi connectivity index (χ3v) is 3.65. The predicted octanol–water partition coefficient (Wildman–Crippen LogP) is 1.00. The highest BCUT2D eigenvalue weighted by Crippen LogP contribution is 2.50. The number of hydrogen-bond acceptors (Lipinski definition) is 4. The van der Waals surface area contributed by atoms with Crippen LogP contribution in [0.1, 0.15) is 19.8 Å². The third-order valence-electron chi connectivity index (χ3n) is 1.82. The molecule has 1 atom stereocenters. The Morgan fingerprint density at radius 3 is 1.92 bits per heavy atom. The van der Waals surface area contributed by atoms with Gasteiger partial charge in [-0.25, -0.2) is 0 Å². The lowest BCUT2D eigenvalue weighted by atomic mass is 10.3. The molecule has 0 rings (SSSR count). The van der Waals surface area contributed by atoms with Gasteiger partial charge >= 0.3 is 0 Å². The Morgan fingerprint density at radius 2 is 1.83 bits per heavy atom. The van der Waals surface area contributed by atoms with Crippen LogP contribution in [0.3, 0.4) is 0 Å². The first-order valence-corrected chi connectivity index (χ1v) is 5.89. The molecule has 0 N–H and O–H groups in total. The van der Waals surface area contributed by atoms with Crippen LogP contribution >= 0.6 is 7.37 Å². The summed E-state index contributed by atoms with van der Waals surface area (Å²) in [7, 11) is -0.937. The Bertz CT molecular complexity index is 170. The van der Waals surface area contributed by atoms with Gasteiger partial charge in [-0.05, 0) is 6.66 Å². The van der Waals surface area contributed by atoms with Crippen molar-refractivity contribution in [2.75, 3.05) is 20.9 Å². The smallest absolute Gasteiger partial charge is 0.207 e. The fourth-order valence-electron chi connectivity index (χ4n) is 1.14. The first-order chi connectivity index (χ1) is 5.43. The fraction of sp³-hybridized carbons (Fsp3) is 1.00. The molecule has 0 aromatic heterocycles. The summed E-state index contributed by atoms with van der Waals surface area (Å²) in [6.07, 6.45) is 1.05. The van der Waals surface area contributed by atoms with Crippen LogP contribution in [0, 0.1) is 0 Å². The van der Waals surface area contributed by atoms with E-state index in [1.807, 2.05) is 6.92 Å². The second kappa shape index (κ2) is 4.38. The molecule has 4 nitrogen and oxygen atoms in total. The van der Waals surface area contributed by atoms with Crippen molar-refractivity contribution in [3.63, 3.8) is 0 Å². The summed E-state index contributed by atoms with van der Waals surface area (Å²) < 4.78 is 21.1. The van der Waals surface area contributed by atoms with Crippen molar-refractivity contribution in [1.29, 1.82) is 0 Å². The highest BCUT2D eigenvalue weighted by Gasteiger charge is 2.36. The van der Waals surface area contributed by atoms with Crippen molar-refractivity contribution in [2.45, 2.75) is 25.3 Å². The molecular formula is C7H16O4P-. The molecule has 0 aromatic carbocycles. The van der Waals surface area contributed by atoms with Gasteiger partial charge < -0.3 is 18.9 Å². The maximum absolute atomic E-state index is 11.3. The maximum atomic E-state index is 11.3. The average molecular weight is 195 g/mol. The summed E-state index contributed by atoms with van der Waals surface area (Å²) in [5, 5.41) is 0. The van der Waals surface area contributed by atoms with E-state index in [1.54, 1.807) is 0 Å². The summed E-state index contributed by atoms with van der Waals surface area (Å²) >= 11 is 0. The molecule has 0 heterocycles. The SMILES string of the molecule is CCCC(OC)(OC)P(C)(=O)[O-]. The molecule has 0 bridgehead atoms. The van der Waals surface area contributed by atoms with Gasteiger partial charge in [-0.2, -0.15) is 0 Å². The standard InChI is InChI=1S/C7H17O4P/c1-5-6-7(10-2,11-3)12(4,8)9/h5-6H2,1-4H3,(H,8,9)/p-1. The molecule has 0 aromatic rings. The van der Waals surface area contributed by atoms with E-state index in [0.29, 0.717) is 12.8 Å². The second-order valence-electron chi connectivity index (χ2n) is 2.72. The van der Waals surface area contributed by atoms with Crippen LogP contribution in [-0.4, -0.2) is 26.4 Å². The van der Waals surface area contributed by atoms with Crippen molar-refractivity contribution < 1.29 is 18.9 Å². The minimum atomic E-state index is -3.62. The number of ether oxygens (including phenoxy) is 2. The molecular weight excluding hydrogens is 179 g/mol. The third kappa shape index (κ3) is 2.30. The molecule has 0 aliphatic carbocycles. The largest absolute Gasteiger partial charge is 0.796 e. The van der Waals surface area contributed by atoms with E-state index in [9.17, 15) is 9.46 Å². The Hall–Kier alpha value is 0.110. The van der Waals surface area contributed by atoms with E-state index in [-0.39, 0.29) is 0 Å². The molecule has 0 saturated heterocycles. The van der Waals surface area contributed by atoms with Crippen LogP contribution in [0.2, 0.25) is 0 Å². The van der Waals surface area contributed by atoms with Crippen LogP contribution in [0.15, 0.2) is 0 Å². The molecule has 0 radical (unpaired) electrons. The van der Waals surface area contributed by atoms with Gasteiger partial charge in [0.25, 0.3) is 0 Å². The molecule has 0 spiro atoms. The molecule has 0 saturated carbocycles. The topological polar surface area (TPSA) is 58.6 Å². The van der Waals surface area contributed by atoms with Gasteiger partial charge in [-0.15, -0.1) is 0 Å². The van der Waals surface area contributed by atoms with E-state index < -0.39 is 12.9 Å². The monoisotopic (exact) mass is 195 g/mol. The van der Waals surface area contributed by atoms with Gasteiger partial charge in [0.15, 0.2) is 0 Å². The summed E-state index contributed by atoms with van der Waals surface area (Å²) in [4.78, 5) is 11.3. The lowest BCUT2D eigenvalue weighted by Crippen LogP contribution is -2.37. The Morgan fingerprint density at radius 1 is 1.42 bits per heavy atom. The first kappa shape index (κ1) is 12.1. The molecule has 74 valence electrons.